The van der Waals surface area contributed by atoms with Crippen molar-refractivity contribution in [2.75, 3.05) is 34.0 Å². The molecule has 0 aromatic heterocycles. The Morgan fingerprint density at radius 1 is 0.984 bits per heavy atom. The Bertz CT molecular complexity index is 2400. The second kappa shape index (κ2) is 20.9. The van der Waals surface area contributed by atoms with Crippen molar-refractivity contribution in [3.05, 3.63) is 143 Å². The number of unbranched alkanes of at least 4 members (excludes halogenated alkanes) is 2. The maximum absolute atomic E-state index is 15.2. The van der Waals surface area contributed by atoms with E-state index in [2.05, 4.69) is 23.9 Å². The highest BCUT2D eigenvalue weighted by Crippen LogP contribution is 2.62. The molecule has 7 rings (SSSR count). The summed E-state index contributed by atoms with van der Waals surface area (Å²) in [6, 6.07) is 24.3. The maximum atomic E-state index is 15.2. The molecule has 6 atom stereocenters. The Balaban J connectivity index is 1.46. The summed E-state index contributed by atoms with van der Waals surface area (Å²) >= 11 is 0. The molecule has 1 saturated carbocycles. The number of fused-ring (bicyclic) bond motifs is 2. The predicted molar refractivity (Wildman–Crippen MR) is 238 cm³/mol. The van der Waals surface area contributed by atoms with E-state index in [1.54, 1.807) is 71.6 Å². The molecule has 13 heteroatoms. The van der Waals surface area contributed by atoms with E-state index in [9.17, 15) is 24.7 Å². The quantitative estimate of drug-likeness (QED) is 0.0380. The molecule has 0 spiro atoms. The first-order valence-electron chi connectivity index (χ1n) is 21.7. The van der Waals surface area contributed by atoms with Crippen molar-refractivity contribution >= 4 is 17.9 Å². The van der Waals surface area contributed by atoms with Crippen LogP contribution in [-0.2, 0) is 16.1 Å². The van der Waals surface area contributed by atoms with Crippen molar-refractivity contribution < 1.29 is 48.0 Å². The van der Waals surface area contributed by atoms with Crippen LogP contribution < -0.4 is 14.2 Å². The number of carbonyl (C=O) groups excluding carboxylic acids is 2. The van der Waals surface area contributed by atoms with Crippen LogP contribution in [0.4, 0.5) is 4.39 Å². The van der Waals surface area contributed by atoms with Gasteiger partial charge in [-0.05, 0) is 121 Å². The summed E-state index contributed by atoms with van der Waals surface area (Å²) in [5.74, 6) is -1.46. The van der Waals surface area contributed by atoms with E-state index >= 15 is 4.79 Å². The van der Waals surface area contributed by atoms with Crippen LogP contribution in [-0.4, -0.2) is 78.9 Å². The number of allylic oxidation sites excluding steroid dienone is 1. The molecule has 6 unspecified atom stereocenters. The molecule has 334 valence electrons. The van der Waals surface area contributed by atoms with Crippen LogP contribution in [0.15, 0.2) is 114 Å². The van der Waals surface area contributed by atoms with Gasteiger partial charge in [0.25, 0.3) is 5.91 Å². The molecule has 64 heavy (non-hydrogen) atoms. The Kier molecular flexibility index (Phi) is 14.9. The Hall–Kier alpha value is -6.33. The molecule has 0 radical (unpaired) electrons. The fourth-order valence-electron chi connectivity index (χ4n) is 9.79. The number of amides is 1. The summed E-state index contributed by atoms with van der Waals surface area (Å²) in [6.07, 6.45) is 8.97. The number of oxime groups is 1. The van der Waals surface area contributed by atoms with Gasteiger partial charge in [0.1, 0.15) is 42.0 Å². The molecule has 4 aromatic carbocycles. The van der Waals surface area contributed by atoms with Crippen LogP contribution in [0.25, 0.3) is 0 Å². The Morgan fingerprint density at radius 3 is 2.38 bits per heavy atom. The van der Waals surface area contributed by atoms with Crippen molar-refractivity contribution in [1.29, 1.82) is 5.26 Å². The maximum Gasteiger partial charge on any atom is 0.254 e. The first kappa shape index (κ1) is 45.7. The number of hydrogen-bond donors (Lipinski definition) is 2. The van der Waals surface area contributed by atoms with Gasteiger partial charge in [0.2, 0.25) is 5.79 Å². The summed E-state index contributed by atoms with van der Waals surface area (Å²) in [6.45, 7) is 4.20. The summed E-state index contributed by atoms with van der Waals surface area (Å²) in [7, 11) is 2.98. The van der Waals surface area contributed by atoms with Gasteiger partial charge in [0.15, 0.2) is 6.29 Å². The van der Waals surface area contributed by atoms with Crippen LogP contribution >= 0.6 is 0 Å². The Labute approximate surface area is 373 Å². The van der Waals surface area contributed by atoms with Crippen molar-refractivity contribution in [3.63, 3.8) is 0 Å². The van der Waals surface area contributed by atoms with Gasteiger partial charge in [0, 0.05) is 43.2 Å². The van der Waals surface area contributed by atoms with Gasteiger partial charge in [-0.25, -0.2) is 4.39 Å². The van der Waals surface area contributed by atoms with E-state index in [4.69, 9.17) is 23.8 Å². The third-order valence-corrected chi connectivity index (χ3v) is 12.6. The molecule has 3 aliphatic rings. The van der Waals surface area contributed by atoms with Crippen LogP contribution in [0.2, 0.25) is 0 Å². The monoisotopic (exact) mass is 871 g/mol. The van der Waals surface area contributed by atoms with E-state index in [1.165, 1.54) is 26.4 Å². The van der Waals surface area contributed by atoms with E-state index in [1.807, 2.05) is 12.1 Å². The molecule has 2 aliphatic carbocycles. The van der Waals surface area contributed by atoms with E-state index < -0.39 is 23.6 Å². The normalized spacial score (nSPS) is 22.5. The number of hydrogen-bond acceptors (Lipinski definition) is 11. The number of carbonyl (C=O) groups is 2. The first-order chi connectivity index (χ1) is 31.2. The molecule has 4 aromatic rings. The summed E-state index contributed by atoms with van der Waals surface area (Å²) in [4.78, 5) is 34.4. The van der Waals surface area contributed by atoms with Gasteiger partial charge in [-0.3, -0.25) is 9.59 Å². The van der Waals surface area contributed by atoms with E-state index in [0.717, 1.165) is 36.8 Å². The van der Waals surface area contributed by atoms with Gasteiger partial charge in [0.05, 0.1) is 42.5 Å². The lowest BCUT2D eigenvalue weighted by Gasteiger charge is -2.60. The Morgan fingerprint density at radius 2 is 1.70 bits per heavy atom. The second-order valence-corrected chi connectivity index (χ2v) is 16.3. The van der Waals surface area contributed by atoms with Crippen LogP contribution in [0.3, 0.4) is 0 Å². The summed E-state index contributed by atoms with van der Waals surface area (Å²) < 4.78 is 40.6. The zero-order valence-corrected chi connectivity index (χ0v) is 36.2. The number of ether oxygens (including phenoxy) is 4. The smallest absolute Gasteiger partial charge is 0.254 e. The zero-order valence-electron chi connectivity index (χ0n) is 36.2. The van der Waals surface area contributed by atoms with Crippen LogP contribution in [0, 0.1) is 34.9 Å². The van der Waals surface area contributed by atoms with Crippen molar-refractivity contribution in [3.8, 4) is 29.1 Å². The number of nitrogens with zero attached hydrogens (tertiary/aromatic N) is 3. The number of halogens is 1. The average molecular weight is 872 g/mol. The highest BCUT2D eigenvalue weighted by Gasteiger charge is 2.65. The molecule has 0 saturated heterocycles. The molecule has 1 heterocycles. The fourth-order valence-corrected chi connectivity index (χ4v) is 9.79. The van der Waals surface area contributed by atoms with Gasteiger partial charge >= 0.3 is 0 Å². The zero-order chi connectivity index (χ0) is 45.2. The van der Waals surface area contributed by atoms with Crippen molar-refractivity contribution in [2.24, 2.45) is 22.9 Å². The fraction of sp³-hybridized carbons (Fsp3) is 0.373. The summed E-state index contributed by atoms with van der Waals surface area (Å²) in [5.41, 5.74) is 4.03. The largest absolute Gasteiger partial charge is 0.496 e. The number of aliphatic hydroxyl groups excluding tert-OH is 2. The van der Waals surface area contributed by atoms with Gasteiger partial charge < -0.3 is 38.9 Å². The van der Waals surface area contributed by atoms with Crippen molar-refractivity contribution in [2.45, 2.75) is 69.2 Å². The SMILES string of the molecule is C=CCOC12Oc3ccc(Oc4ccc(OC)c(C=O)c4)cc3C3C(CCCCO)C(CCCCO)C=C(C(=NOC)CC1N(Cc1ccc(F)cc1)C(=O)c1ccc(C#N)cc1)C32. The van der Waals surface area contributed by atoms with Gasteiger partial charge in [-0.1, -0.05) is 42.3 Å². The first-order valence-corrected chi connectivity index (χ1v) is 21.7. The molecule has 1 fully saturated rings. The van der Waals surface area contributed by atoms with Gasteiger partial charge in [-0.15, -0.1) is 6.58 Å². The number of aldehydes is 1. The molecular formula is C51H54FN3O9. The second-order valence-electron chi connectivity index (χ2n) is 16.3. The molecule has 1 aliphatic heterocycles. The van der Waals surface area contributed by atoms with E-state index in [-0.39, 0.29) is 56.4 Å². The highest BCUT2D eigenvalue weighted by atomic mass is 19.1. The lowest BCUT2D eigenvalue weighted by molar-refractivity contribution is -0.255. The minimum Gasteiger partial charge on any atom is -0.496 e. The van der Waals surface area contributed by atoms with Crippen LogP contribution in [0.5, 0.6) is 23.0 Å². The minimum absolute atomic E-state index is 0.0000598. The summed E-state index contributed by atoms with van der Waals surface area (Å²) in [5, 5.41) is 34.1. The predicted octanol–water partition coefficient (Wildman–Crippen LogP) is 8.92. The number of nitriles is 1. The number of methoxy groups -OCH3 is 1. The van der Waals surface area contributed by atoms with Gasteiger partial charge in [-0.2, -0.15) is 5.26 Å². The molecule has 0 bridgehead atoms. The molecular weight excluding hydrogens is 818 g/mol. The third-order valence-electron chi connectivity index (χ3n) is 12.6. The van der Waals surface area contributed by atoms with Crippen molar-refractivity contribution in [1.82, 2.24) is 4.90 Å². The molecule has 1 amide bonds. The number of rotatable bonds is 20. The standard InChI is InChI=1S/C51H54FN3O9/c1-4-25-62-51-47(55(31-34-13-17-38(52)18-14-34)50(59)35-15-11-33(30-53)12-16-35)29-44(54-61-3)42-27-36(9-5-7-23-56)41(10-6-8-24-57)48(49(42)51)43-28-40(20-22-46(43)64-51)63-39-19-21-45(60-2)37(26-39)32-58/h4,11-22,26-28,32,36,41,47-49,56-57H,1,5-10,23-25,29,31H2,2-3H3. The highest BCUT2D eigenvalue weighted by molar-refractivity contribution is 6.03. The number of benzene rings is 4. The lowest BCUT2D eigenvalue weighted by Crippen LogP contribution is -2.70. The average Bonchev–Trinajstić information content (AvgIpc) is 3.32. The minimum atomic E-state index is -1.56. The third kappa shape index (κ3) is 9.45. The molecule has 12 nitrogen and oxygen atoms in total. The molecule has 2 N–H and O–H groups in total. The number of aliphatic hydroxyl groups is 2. The van der Waals surface area contributed by atoms with E-state index in [0.29, 0.717) is 70.1 Å². The topological polar surface area (TPSA) is 160 Å². The lowest BCUT2D eigenvalue weighted by atomic mass is 9.55. The van der Waals surface area contributed by atoms with Crippen LogP contribution in [0.1, 0.15) is 88.3 Å².